The molecule has 0 atom stereocenters. The van der Waals surface area contributed by atoms with Crippen molar-refractivity contribution < 1.29 is 0 Å². The first-order valence-electron chi connectivity index (χ1n) is 6.28. The first kappa shape index (κ1) is 14.0. The monoisotopic (exact) mass is 250 g/mol. The van der Waals surface area contributed by atoms with E-state index in [1.807, 2.05) is 0 Å². The van der Waals surface area contributed by atoms with E-state index in [2.05, 4.69) is 55.7 Å². The van der Waals surface area contributed by atoms with Gasteiger partial charge in [-0.15, -0.1) is 0 Å². The van der Waals surface area contributed by atoms with Crippen LogP contribution in [0, 0.1) is 0 Å². The molecule has 0 saturated heterocycles. The van der Waals surface area contributed by atoms with Gasteiger partial charge in [0.1, 0.15) is 0 Å². The molecule has 0 amide bonds. The highest BCUT2D eigenvalue weighted by Gasteiger charge is 1.99. The molecule has 0 heterocycles. The Labute approximate surface area is 110 Å². The van der Waals surface area contributed by atoms with Crippen molar-refractivity contribution in [1.29, 1.82) is 0 Å². The molecule has 0 radical (unpaired) electrons. The number of hydrogen-bond acceptors (Lipinski definition) is 1. The zero-order chi connectivity index (χ0) is 12.7. The van der Waals surface area contributed by atoms with Crippen LogP contribution in [0.15, 0.2) is 24.3 Å². The van der Waals surface area contributed by atoms with Gasteiger partial charge in [-0.2, -0.15) is 0 Å². The molecule has 0 fully saturated rings. The number of benzene rings is 1. The fourth-order valence-electron chi connectivity index (χ4n) is 1.57. The fraction of sp³-hybridized carbons (Fsp3) is 0.500. The largest absolute Gasteiger partial charge is 0.360 e. The van der Waals surface area contributed by atoms with E-state index in [1.54, 1.807) is 0 Å². The molecule has 17 heavy (non-hydrogen) atoms. The summed E-state index contributed by atoms with van der Waals surface area (Å²) in [6, 6.07) is 8.85. The zero-order valence-electron chi connectivity index (χ0n) is 10.9. The third-order valence-corrected chi connectivity index (χ3v) is 2.67. The molecule has 0 aliphatic heterocycles. The van der Waals surface area contributed by atoms with Gasteiger partial charge in [-0.05, 0) is 56.6 Å². The predicted octanol–water partition coefficient (Wildman–Crippen LogP) is 3.72. The van der Waals surface area contributed by atoms with Crippen molar-refractivity contribution >= 4 is 23.0 Å². The fourth-order valence-corrected chi connectivity index (χ4v) is 1.92. The molecule has 3 heteroatoms. The summed E-state index contributed by atoms with van der Waals surface area (Å²) < 4.78 is 0. The number of aryl methyl sites for hydroxylation is 1. The Morgan fingerprint density at radius 3 is 2.41 bits per heavy atom. The number of nitrogens with one attached hydrogen (secondary N) is 2. The average Bonchev–Trinajstić information content (AvgIpc) is 2.27. The highest BCUT2D eigenvalue weighted by Crippen LogP contribution is 2.11. The molecule has 2 nitrogen and oxygen atoms in total. The molecule has 0 aromatic heterocycles. The van der Waals surface area contributed by atoms with E-state index in [1.165, 1.54) is 18.4 Å². The Bertz CT molecular complexity index is 344. The molecular formula is C14H22N2S. The summed E-state index contributed by atoms with van der Waals surface area (Å²) >= 11 is 5.19. The highest BCUT2D eigenvalue weighted by atomic mass is 32.1. The lowest BCUT2D eigenvalue weighted by Gasteiger charge is -2.13. The number of unbranched alkanes of at least 4 members (excludes halogenated alkanes) is 1. The van der Waals surface area contributed by atoms with Gasteiger partial charge in [-0.25, -0.2) is 0 Å². The number of rotatable bonds is 5. The third-order valence-electron chi connectivity index (χ3n) is 2.45. The first-order chi connectivity index (χ1) is 8.11. The second-order valence-electron chi connectivity index (χ2n) is 4.55. The molecule has 0 bridgehead atoms. The van der Waals surface area contributed by atoms with Crippen LogP contribution in [0.4, 0.5) is 5.69 Å². The molecule has 0 aliphatic rings. The number of thiocarbonyl (C=S) groups is 1. The van der Waals surface area contributed by atoms with Crippen LogP contribution in [0.5, 0.6) is 0 Å². The van der Waals surface area contributed by atoms with Crippen LogP contribution >= 0.6 is 12.2 Å². The second-order valence-corrected chi connectivity index (χ2v) is 4.96. The van der Waals surface area contributed by atoms with Gasteiger partial charge in [0.15, 0.2) is 5.11 Å². The van der Waals surface area contributed by atoms with Crippen molar-refractivity contribution in [1.82, 2.24) is 5.32 Å². The minimum absolute atomic E-state index is 0.360. The Hall–Kier alpha value is -1.09. The molecule has 1 rings (SSSR count). The van der Waals surface area contributed by atoms with Gasteiger partial charge >= 0.3 is 0 Å². The van der Waals surface area contributed by atoms with Crippen molar-refractivity contribution in [2.45, 2.75) is 46.1 Å². The molecule has 0 spiro atoms. The summed E-state index contributed by atoms with van der Waals surface area (Å²) in [6.45, 7) is 6.36. The molecular weight excluding hydrogens is 228 g/mol. The van der Waals surface area contributed by atoms with Gasteiger partial charge in [0.2, 0.25) is 0 Å². The van der Waals surface area contributed by atoms with Crippen LogP contribution in [0.1, 0.15) is 39.2 Å². The van der Waals surface area contributed by atoms with E-state index < -0.39 is 0 Å². The van der Waals surface area contributed by atoms with E-state index in [-0.39, 0.29) is 0 Å². The van der Waals surface area contributed by atoms with E-state index >= 15 is 0 Å². The van der Waals surface area contributed by atoms with Crippen LogP contribution < -0.4 is 10.6 Å². The van der Waals surface area contributed by atoms with Gasteiger partial charge in [0.25, 0.3) is 0 Å². The maximum absolute atomic E-state index is 5.19. The van der Waals surface area contributed by atoms with Crippen LogP contribution in [0.25, 0.3) is 0 Å². The van der Waals surface area contributed by atoms with Crippen molar-refractivity contribution in [2.75, 3.05) is 5.32 Å². The van der Waals surface area contributed by atoms with Crippen LogP contribution in [-0.2, 0) is 6.42 Å². The lowest BCUT2D eigenvalue weighted by atomic mass is 10.1. The van der Waals surface area contributed by atoms with Crippen molar-refractivity contribution in [3.05, 3.63) is 29.8 Å². The van der Waals surface area contributed by atoms with Crippen molar-refractivity contribution in [2.24, 2.45) is 0 Å². The molecule has 0 saturated carbocycles. The minimum atomic E-state index is 0.360. The smallest absolute Gasteiger partial charge is 0.170 e. The van der Waals surface area contributed by atoms with E-state index in [0.717, 1.165) is 12.1 Å². The lowest BCUT2D eigenvalue weighted by Crippen LogP contribution is -2.33. The molecule has 0 aliphatic carbocycles. The van der Waals surface area contributed by atoms with E-state index in [4.69, 9.17) is 12.2 Å². The minimum Gasteiger partial charge on any atom is -0.360 e. The van der Waals surface area contributed by atoms with Crippen molar-refractivity contribution in [3.63, 3.8) is 0 Å². The molecule has 1 aromatic rings. The quantitative estimate of drug-likeness (QED) is 0.779. The predicted molar refractivity (Wildman–Crippen MR) is 79.5 cm³/mol. The summed E-state index contributed by atoms with van der Waals surface area (Å²) in [5.41, 5.74) is 2.43. The van der Waals surface area contributed by atoms with Gasteiger partial charge in [0, 0.05) is 11.7 Å². The summed E-state index contributed by atoms with van der Waals surface area (Å²) in [7, 11) is 0. The zero-order valence-corrected chi connectivity index (χ0v) is 11.7. The highest BCUT2D eigenvalue weighted by molar-refractivity contribution is 7.80. The normalized spacial score (nSPS) is 10.4. The Kier molecular flexibility index (Phi) is 5.98. The topological polar surface area (TPSA) is 24.1 Å². The molecule has 0 unspecified atom stereocenters. The van der Waals surface area contributed by atoms with Gasteiger partial charge < -0.3 is 10.6 Å². The van der Waals surface area contributed by atoms with Gasteiger partial charge in [-0.1, -0.05) is 25.5 Å². The summed E-state index contributed by atoms with van der Waals surface area (Å²) in [6.07, 6.45) is 3.65. The van der Waals surface area contributed by atoms with Crippen LogP contribution in [-0.4, -0.2) is 11.2 Å². The summed E-state index contributed by atoms with van der Waals surface area (Å²) in [5, 5.41) is 7.02. The van der Waals surface area contributed by atoms with Crippen LogP contribution in [0.3, 0.4) is 0 Å². The first-order valence-corrected chi connectivity index (χ1v) is 6.69. The van der Waals surface area contributed by atoms with Gasteiger partial charge in [-0.3, -0.25) is 0 Å². The molecule has 94 valence electrons. The second kappa shape index (κ2) is 7.28. The van der Waals surface area contributed by atoms with Crippen LogP contribution in [0.2, 0.25) is 0 Å². The van der Waals surface area contributed by atoms with E-state index in [9.17, 15) is 0 Å². The molecule has 1 aromatic carbocycles. The Balaban J connectivity index is 2.47. The van der Waals surface area contributed by atoms with E-state index in [0.29, 0.717) is 11.2 Å². The summed E-state index contributed by atoms with van der Waals surface area (Å²) in [5.74, 6) is 0. The third kappa shape index (κ3) is 5.68. The molecule has 2 N–H and O–H groups in total. The SMILES string of the molecule is CCCCc1ccc(NC(=S)NC(C)C)cc1. The average molecular weight is 250 g/mol. The van der Waals surface area contributed by atoms with Gasteiger partial charge in [0.05, 0.1) is 0 Å². The lowest BCUT2D eigenvalue weighted by molar-refractivity contribution is 0.739. The standard InChI is InChI=1S/C14H22N2S/c1-4-5-6-12-7-9-13(10-8-12)16-14(17)15-11(2)3/h7-11H,4-6H2,1-3H3,(H2,15,16,17). The number of anilines is 1. The number of hydrogen-bond donors (Lipinski definition) is 2. The maximum Gasteiger partial charge on any atom is 0.170 e. The maximum atomic E-state index is 5.19. The Morgan fingerprint density at radius 1 is 1.24 bits per heavy atom. The van der Waals surface area contributed by atoms with Crippen molar-refractivity contribution in [3.8, 4) is 0 Å². The Morgan fingerprint density at radius 2 is 1.88 bits per heavy atom. The summed E-state index contributed by atoms with van der Waals surface area (Å²) in [4.78, 5) is 0.